The lowest BCUT2D eigenvalue weighted by atomic mass is 10.1. The number of halogens is 2. The molecule has 5 nitrogen and oxygen atoms in total. The minimum absolute atomic E-state index is 0.226. The Labute approximate surface area is 120 Å². The van der Waals surface area contributed by atoms with Crippen molar-refractivity contribution >= 4 is 29.2 Å². The summed E-state index contributed by atoms with van der Waals surface area (Å²) < 4.78 is 5.73. The Hall–Kier alpha value is -1.56. The Morgan fingerprint density at radius 1 is 1.21 bits per heavy atom. The fourth-order valence-electron chi connectivity index (χ4n) is 1.65. The Morgan fingerprint density at radius 3 is 2.42 bits per heavy atom. The van der Waals surface area contributed by atoms with Crippen LogP contribution in [0.3, 0.4) is 0 Å². The molecule has 0 saturated carbocycles. The summed E-state index contributed by atoms with van der Waals surface area (Å²) in [7, 11) is 0. The minimum Gasteiger partial charge on any atom is -0.437 e. The number of nitrogens with zero attached hydrogens (tertiary/aromatic N) is 2. The molecule has 0 aliphatic carbocycles. The molecule has 0 unspecified atom stereocenters. The molecule has 2 aromatic rings. The summed E-state index contributed by atoms with van der Waals surface area (Å²) in [5.74, 6) is 6.37. The van der Waals surface area contributed by atoms with Gasteiger partial charge in [0.25, 0.3) is 0 Å². The second-order valence-corrected chi connectivity index (χ2v) is 4.81. The van der Waals surface area contributed by atoms with Crippen molar-refractivity contribution in [2.75, 3.05) is 5.43 Å². The van der Waals surface area contributed by atoms with Gasteiger partial charge in [0, 0.05) is 5.02 Å². The lowest BCUT2D eigenvalue weighted by molar-refractivity contribution is 0.455. The van der Waals surface area contributed by atoms with Gasteiger partial charge in [-0.3, -0.25) is 5.43 Å². The van der Waals surface area contributed by atoms with E-state index in [2.05, 4.69) is 15.4 Å². The van der Waals surface area contributed by atoms with Crippen LogP contribution in [0.5, 0.6) is 11.6 Å². The summed E-state index contributed by atoms with van der Waals surface area (Å²) >= 11 is 12.0. The van der Waals surface area contributed by atoms with Gasteiger partial charge in [-0.1, -0.05) is 23.2 Å². The number of hydrazine groups is 1. The number of benzene rings is 1. The molecule has 0 atom stereocenters. The molecule has 7 heteroatoms. The average molecular weight is 299 g/mol. The fraction of sp³-hybridized carbons (Fsp3) is 0.167. The minimum atomic E-state index is 0.226. The van der Waals surface area contributed by atoms with E-state index in [0.717, 1.165) is 11.1 Å². The first-order chi connectivity index (χ1) is 9.01. The van der Waals surface area contributed by atoms with Gasteiger partial charge in [0.05, 0.1) is 6.20 Å². The van der Waals surface area contributed by atoms with Crippen LogP contribution in [0, 0.1) is 13.8 Å². The molecule has 0 aliphatic rings. The van der Waals surface area contributed by atoms with Gasteiger partial charge in [-0.25, -0.2) is 10.8 Å². The van der Waals surface area contributed by atoms with Gasteiger partial charge in [0.15, 0.2) is 0 Å². The summed E-state index contributed by atoms with van der Waals surface area (Å²) in [6.07, 6.45) is 1.42. The first kappa shape index (κ1) is 13.9. The predicted octanol–water partition coefficient (Wildman–Crippen LogP) is 3.48. The van der Waals surface area contributed by atoms with E-state index in [1.165, 1.54) is 6.20 Å². The summed E-state index contributed by atoms with van der Waals surface area (Å²) in [6.45, 7) is 3.79. The lowest BCUT2D eigenvalue weighted by Gasteiger charge is -2.12. The predicted molar refractivity (Wildman–Crippen MR) is 75.9 cm³/mol. The molecular formula is C12H12Cl2N4O. The maximum absolute atomic E-state index is 5.99. The number of nitrogens with one attached hydrogen (secondary N) is 1. The number of hydrogen-bond acceptors (Lipinski definition) is 5. The van der Waals surface area contributed by atoms with Crippen molar-refractivity contribution < 1.29 is 4.74 Å². The quantitative estimate of drug-likeness (QED) is 0.670. The first-order valence-corrected chi connectivity index (χ1v) is 6.20. The molecule has 0 aliphatic heterocycles. The van der Waals surface area contributed by atoms with Crippen LogP contribution < -0.4 is 16.0 Å². The van der Waals surface area contributed by atoms with Gasteiger partial charge in [0.2, 0.25) is 11.8 Å². The van der Waals surface area contributed by atoms with Crippen LogP contribution in [0.1, 0.15) is 11.1 Å². The van der Waals surface area contributed by atoms with Gasteiger partial charge in [-0.15, -0.1) is 0 Å². The van der Waals surface area contributed by atoms with E-state index in [4.69, 9.17) is 33.8 Å². The van der Waals surface area contributed by atoms with Gasteiger partial charge >= 0.3 is 0 Å². The molecular weight excluding hydrogens is 287 g/mol. The Kier molecular flexibility index (Phi) is 4.09. The van der Waals surface area contributed by atoms with E-state index >= 15 is 0 Å². The van der Waals surface area contributed by atoms with Crippen LogP contribution in [-0.2, 0) is 0 Å². The molecule has 0 radical (unpaired) electrons. The monoisotopic (exact) mass is 298 g/mol. The van der Waals surface area contributed by atoms with Gasteiger partial charge in [-0.2, -0.15) is 4.98 Å². The Morgan fingerprint density at radius 2 is 1.84 bits per heavy atom. The molecule has 100 valence electrons. The number of aryl methyl sites for hydroxylation is 2. The third kappa shape index (κ3) is 3.07. The number of hydrogen-bond donors (Lipinski definition) is 2. The van der Waals surface area contributed by atoms with Gasteiger partial charge < -0.3 is 4.74 Å². The number of ether oxygens (including phenoxy) is 1. The number of nitrogens with two attached hydrogens (primary N) is 1. The van der Waals surface area contributed by atoms with Crippen molar-refractivity contribution in [3.63, 3.8) is 0 Å². The smallest absolute Gasteiger partial charge is 0.243 e. The van der Waals surface area contributed by atoms with Crippen molar-refractivity contribution in [3.8, 4) is 11.6 Å². The number of anilines is 1. The molecule has 0 bridgehead atoms. The second-order valence-electron chi connectivity index (χ2n) is 3.96. The zero-order valence-electron chi connectivity index (χ0n) is 10.4. The van der Waals surface area contributed by atoms with Crippen LogP contribution in [0.15, 0.2) is 18.3 Å². The van der Waals surface area contributed by atoms with E-state index in [1.54, 1.807) is 12.1 Å². The molecule has 2 rings (SSSR count). The average Bonchev–Trinajstić information content (AvgIpc) is 2.35. The van der Waals surface area contributed by atoms with E-state index in [-0.39, 0.29) is 11.8 Å². The largest absolute Gasteiger partial charge is 0.437 e. The van der Waals surface area contributed by atoms with E-state index in [9.17, 15) is 0 Å². The summed E-state index contributed by atoms with van der Waals surface area (Å²) in [5, 5.41) is 0.952. The molecule has 1 aromatic carbocycles. The lowest BCUT2D eigenvalue weighted by Crippen LogP contribution is -2.10. The van der Waals surface area contributed by atoms with Crippen LogP contribution in [-0.4, -0.2) is 9.97 Å². The molecule has 0 amide bonds. The van der Waals surface area contributed by atoms with E-state index < -0.39 is 0 Å². The number of nitrogen functional groups attached to an aromatic ring is 1. The molecule has 0 fully saturated rings. The van der Waals surface area contributed by atoms with E-state index in [0.29, 0.717) is 15.8 Å². The maximum Gasteiger partial charge on any atom is 0.243 e. The molecule has 1 heterocycles. The SMILES string of the molecule is Cc1cc(Cl)cc(C)c1Oc1nc(NN)ncc1Cl. The highest BCUT2D eigenvalue weighted by Crippen LogP contribution is 2.33. The molecule has 19 heavy (non-hydrogen) atoms. The molecule has 1 aromatic heterocycles. The normalized spacial score (nSPS) is 10.4. The van der Waals surface area contributed by atoms with Gasteiger partial charge in [-0.05, 0) is 37.1 Å². The van der Waals surface area contributed by atoms with Crippen molar-refractivity contribution in [2.45, 2.75) is 13.8 Å². The topological polar surface area (TPSA) is 73.1 Å². The number of rotatable bonds is 3. The number of aromatic nitrogens is 2. The second kappa shape index (κ2) is 5.61. The highest BCUT2D eigenvalue weighted by Gasteiger charge is 2.12. The fourth-order valence-corrected chi connectivity index (χ4v) is 2.10. The van der Waals surface area contributed by atoms with Crippen molar-refractivity contribution in [1.29, 1.82) is 0 Å². The van der Waals surface area contributed by atoms with Gasteiger partial charge in [0.1, 0.15) is 10.8 Å². The maximum atomic E-state index is 5.99. The van der Waals surface area contributed by atoms with Crippen LogP contribution >= 0.6 is 23.2 Å². The van der Waals surface area contributed by atoms with E-state index in [1.807, 2.05) is 13.8 Å². The molecule has 3 N–H and O–H groups in total. The highest BCUT2D eigenvalue weighted by atomic mass is 35.5. The zero-order valence-corrected chi connectivity index (χ0v) is 11.9. The summed E-state index contributed by atoms with van der Waals surface area (Å²) in [5.41, 5.74) is 4.12. The molecule has 0 saturated heterocycles. The van der Waals surface area contributed by atoms with Crippen molar-refractivity contribution in [2.24, 2.45) is 5.84 Å². The van der Waals surface area contributed by atoms with Crippen molar-refractivity contribution in [1.82, 2.24) is 9.97 Å². The van der Waals surface area contributed by atoms with Crippen molar-refractivity contribution in [3.05, 3.63) is 39.5 Å². The van der Waals surface area contributed by atoms with Crippen LogP contribution in [0.25, 0.3) is 0 Å². The summed E-state index contributed by atoms with van der Waals surface area (Å²) in [4.78, 5) is 7.93. The Bertz CT molecular complexity index is 596. The third-order valence-electron chi connectivity index (χ3n) is 2.46. The summed E-state index contributed by atoms with van der Waals surface area (Å²) in [6, 6.07) is 3.61. The zero-order chi connectivity index (χ0) is 14.0. The first-order valence-electron chi connectivity index (χ1n) is 5.45. The third-order valence-corrected chi connectivity index (χ3v) is 2.94. The Balaban J connectivity index is 2.41. The van der Waals surface area contributed by atoms with Crippen LogP contribution in [0.2, 0.25) is 10.0 Å². The standard InChI is InChI=1S/C12H12Cl2N4O/c1-6-3-8(13)4-7(2)10(6)19-11-9(14)5-16-12(17-11)18-15/h3-5H,15H2,1-2H3,(H,16,17,18). The van der Waals surface area contributed by atoms with Crippen LogP contribution in [0.4, 0.5) is 5.95 Å². The highest BCUT2D eigenvalue weighted by molar-refractivity contribution is 6.31. The molecule has 0 spiro atoms.